The quantitative estimate of drug-likeness (QED) is 0.680. The van der Waals surface area contributed by atoms with E-state index in [4.69, 9.17) is 25.7 Å². The Bertz CT molecular complexity index is 891. The number of hydrogen-bond donors (Lipinski definition) is 3. The van der Waals surface area contributed by atoms with E-state index in [2.05, 4.69) is 5.32 Å². The molecule has 0 amide bonds. The molecule has 1 aromatic carbocycles. The van der Waals surface area contributed by atoms with Gasteiger partial charge in [0.25, 0.3) is 10.1 Å². The second kappa shape index (κ2) is 5.89. The Morgan fingerprint density at radius 3 is 2.41 bits per heavy atom. The minimum atomic E-state index is -4.69. The molecule has 0 spiro atoms. The monoisotopic (exact) mass is 366 g/mol. The summed E-state index contributed by atoms with van der Waals surface area (Å²) in [5, 5.41) is 7.44. The first-order valence-electron chi connectivity index (χ1n) is 5.69. The molecule has 120 valence electrons. The number of halogens is 1. The third-order valence-electron chi connectivity index (χ3n) is 2.65. The van der Waals surface area contributed by atoms with Crippen LogP contribution < -0.4 is 10.5 Å². The molecule has 4 N–H and O–H groups in total. The molecular weight excluding hydrogens is 356 g/mol. The average Bonchev–Trinajstić information content (AvgIpc) is 2.86. The molecule has 0 fully saturated rings. The minimum Gasteiger partial charge on any atom is -0.467 e. The number of benzene rings is 1. The summed E-state index contributed by atoms with van der Waals surface area (Å²) in [5.41, 5.74) is -0.0173. The Morgan fingerprint density at radius 2 is 1.91 bits per heavy atom. The highest BCUT2D eigenvalue weighted by molar-refractivity contribution is 7.89. The van der Waals surface area contributed by atoms with Crippen molar-refractivity contribution in [2.24, 2.45) is 5.14 Å². The lowest BCUT2D eigenvalue weighted by Crippen LogP contribution is -2.16. The van der Waals surface area contributed by atoms with Crippen LogP contribution in [0.1, 0.15) is 5.76 Å². The SMILES string of the molecule is NS(=O)(=O)c1cc(S(=O)(=O)O)c(Cl)cc1NCc1ccco1. The van der Waals surface area contributed by atoms with E-state index in [-0.39, 0.29) is 17.3 Å². The fourth-order valence-electron chi connectivity index (χ4n) is 1.70. The molecule has 2 rings (SSSR count). The van der Waals surface area contributed by atoms with Crippen molar-refractivity contribution in [2.45, 2.75) is 16.3 Å². The van der Waals surface area contributed by atoms with Gasteiger partial charge in [-0.2, -0.15) is 8.42 Å². The number of nitrogens with two attached hydrogens (primary N) is 1. The summed E-state index contributed by atoms with van der Waals surface area (Å²) in [4.78, 5) is -1.27. The maximum absolute atomic E-state index is 11.6. The lowest BCUT2D eigenvalue weighted by atomic mass is 10.3. The maximum atomic E-state index is 11.6. The normalized spacial score (nSPS) is 12.3. The van der Waals surface area contributed by atoms with Gasteiger partial charge in [-0.15, -0.1) is 0 Å². The van der Waals surface area contributed by atoms with Crippen LogP contribution in [0.2, 0.25) is 5.02 Å². The highest BCUT2D eigenvalue weighted by Gasteiger charge is 2.23. The van der Waals surface area contributed by atoms with Crippen molar-refractivity contribution in [1.29, 1.82) is 0 Å². The van der Waals surface area contributed by atoms with Crippen LogP contribution in [0.3, 0.4) is 0 Å². The van der Waals surface area contributed by atoms with Crippen LogP contribution in [0, 0.1) is 0 Å². The van der Waals surface area contributed by atoms with Crippen molar-refractivity contribution in [1.82, 2.24) is 0 Å². The zero-order valence-corrected chi connectivity index (χ0v) is 13.2. The van der Waals surface area contributed by atoms with Crippen molar-refractivity contribution in [3.8, 4) is 0 Å². The maximum Gasteiger partial charge on any atom is 0.296 e. The summed E-state index contributed by atoms with van der Waals surface area (Å²) in [6.45, 7) is 0.122. The zero-order valence-electron chi connectivity index (χ0n) is 10.9. The second-order valence-corrected chi connectivity index (χ2v) is 7.56. The Labute approximate surface area is 131 Å². The zero-order chi connectivity index (χ0) is 16.5. The van der Waals surface area contributed by atoms with Crippen LogP contribution in [-0.2, 0) is 26.7 Å². The molecule has 0 saturated heterocycles. The molecule has 0 aliphatic heterocycles. The highest BCUT2D eigenvalue weighted by Crippen LogP contribution is 2.31. The lowest BCUT2D eigenvalue weighted by Gasteiger charge is -2.12. The first kappa shape index (κ1) is 16.8. The van der Waals surface area contributed by atoms with Crippen LogP contribution in [0.5, 0.6) is 0 Å². The molecular formula is C11H11ClN2O6S2. The van der Waals surface area contributed by atoms with E-state index in [1.54, 1.807) is 12.1 Å². The molecule has 0 atom stereocenters. The Balaban J connectivity index is 2.51. The van der Waals surface area contributed by atoms with Crippen molar-refractivity contribution < 1.29 is 25.8 Å². The number of furan rings is 1. The summed E-state index contributed by atoms with van der Waals surface area (Å²) in [6.07, 6.45) is 1.44. The van der Waals surface area contributed by atoms with Crippen molar-refractivity contribution in [2.75, 3.05) is 5.32 Å². The molecule has 0 saturated carbocycles. The van der Waals surface area contributed by atoms with Crippen molar-refractivity contribution in [3.05, 3.63) is 41.3 Å². The molecule has 1 heterocycles. The van der Waals surface area contributed by atoms with Crippen LogP contribution >= 0.6 is 11.6 Å². The topological polar surface area (TPSA) is 140 Å². The van der Waals surface area contributed by atoms with Gasteiger partial charge in [-0.25, -0.2) is 13.6 Å². The summed E-state index contributed by atoms with van der Waals surface area (Å²) in [5.74, 6) is 0.510. The van der Waals surface area contributed by atoms with Gasteiger partial charge in [-0.3, -0.25) is 4.55 Å². The molecule has 0 aliphatic rings. The molecule has 0 radical (unpaired) electrons. The van der Waals surface area contributed by atoms with E-state index in [1.807, 2.05) is 0 Å². The predicted molar refractivity (Wildman–Crippen MR) is 78.7 cm³/mol. The van der Waals surface area contributed by atoms with Gasteiger partial charge in [0.05, 0.1) is 23.5 Å². The number of hydrogen-bond acceptors (Lipinski definition) is 6. The standard InChI is InChI=1S/C11H11ClN2O6S2/c12-8-4-9(14-6-7-2-1-3-20-7)11(21(13,15)16)5-10(8)22(17,18)19/h1-5,14H,6H2,(H2,13,15,16)(H,17,18,19). The lowest BCUT2D eigenvalue weighted by molar-refractivity contribution is 0.483. The van der Waals surface area contributed by atoms with Gasteiger partial charge in [0, 0.05) is 0 Å². The third-order valence-corrected chi connectivity index (χ3v) is 4.92. The molecule has 0 aliphatic carbocycles. The van der Waals surface area contributed by atoms with E-state index < -0.39 is 29.9 Å². The molecule has 0 unspecified atom stereocenters. The largest absolute Gasteiger partial charge is 0.467 e. The Morgan fingerprint density at radius 1 is 1.23 bits per heavy atom. The first-order valence-corrected chi connectivity index (χ1v) is 9.05. The van der Waals surface area contributed by atoms with Crippen LogP contribution in [0.25, 0.3) is 0 Å². The van der Waals surface area contributed by atoms with Gasteiger partial charge in [0.1, 0.15) is 15.6 Å². The second-order valence-electron chi connectivity index (χ2n) is 4.23. The van der Waals surface area contributed by atoms with Gasteiger partial charge >= 0.3 is 0 Å². The smallest absolute Gasteiger partial charge is 0.296 e. The van der Waals surface area contributed by atoms with Crippen LogP contribution in [0.15, 0.2) is 44.7 Å². The van der Waals surface area contributed by atoms with Gasteiger partial charge in [-0.05, 0) is 24.3 Å². The molecule has 1 aromatic heterocycles. The number of rotatable bonds is 5. The van der Waals surface area contributed by atoms with Gasteiger partial charge in [-0.1, -0.05) is 11.6 Å². The first-order chi connectivity index (χ1) is 10.1. The molecule has 2 aromatic rings. The molecule has 8 nitrogen and oxygen atoms in total. The number of anilines is 1. The van der Waals surface area contributed by atoms with Gasteiger partial charge in [0.2, 0.25) is 10.0 Å². The fraction of sp³-hybridized carbons (Fsp3) is 0.0909. The van der Waals surface area contributed by atoms with Gasteiger partial charge < -0.3 is 9.73 Å². The number of nitrogens with one attached hydrogen (secondary N) is 1. The fourth-order valence-corrected chi connectivity index (χ4v) is 3.52. The number of sulfonamides is 1. The van der Waals surface area contributed by atoms with Crippen LogP contribution in [-0.4, -0.2) is 21.4 Å². The average molecular weight is 367 g/mol. The van der Waals surface area contributed by atoms with E-state index in [9.17, 15) is 16.8 Å². The molecule has 0 bridgehead atoms. The third kappa shape index (κ3) is 3.78. The Hall–Kier alpha value is -1.59. The van der Waals surface area contributed by atoms with E-state index in [0.717, 1.165) is 6.07 Å². The minimum absolute atomic E-state index is 0.0173. The van der Waals surface area contributed by atoms with Crippen molar-refractivity contribution >= 4 is 37.4 Å². The summed E-state index contributed by atoms with van der Waals surface area (Å²) in [6, 6.07) is 5.04. The summed E-state index contributed by atoms with van der Waals surface area (Å²) >= 11 is 5.76. The van der Waals surface area contributed by atoms with Crippen molar-refractivity contribution in [3.63, 3.8) is 0 Å². The molecule has 22 heavy (non-hydrogen) atoms. The highest BCUT2D eigenvalue weighted by atomic mass is 35.5. The predicted octanol–water partition coefficient (Wildman–Crippen LogP) is 1.44. The van der Waals surface area contributed by atoms with E-state index in [1.165, 1.54) is 6.26 Å². The summed E-state index contributed by atoms with van der Waals surface area (Å²) < 4.78 is 59.7. The summed E-state index contributed by atoms with van der Waals surface area (Å²) in [7, 11) is -8.94. The van der Waals surface area contributed by atoms with E-state index in [0.29, 0.717) is 11.8 Å². The van der Waals surface area contributed by atoms with Crippen LogP contribution in [0.4, 0.5) is 5.69 Å². The van der Waals surface area contributed by atoms with E-state index >= 15 is 0 Å². The molecule has 11 heteroatoms. The number of primary sulfonamides is 1. The Kier molecular flexibility index (Phi) is 4.49. The van der Waals surface area contributed by atoms with Gasteiger partial charge in [0.15, 0.2) is 0 Å².